The number of hydrogen-bond donors (Lipinski definition) is 0. The Balaban J connectivity index is 2.22. The normalized spacial score (nSPS) is 10.6. The third-order valence-corrected chi connectivity index (χ3v) is 4.22. The predicted molar refractivity (Wildman–Crippen MR) is 72.4 cm³/mol. The van der Waals surface area contributed by atoms with Gasteiger partial charge in [-0.25, -0.2) is 8.78 Å². The number of carbonyl (C=O) groups is 1. The van der Waals surface area contributed by atoms with E-state index in [9.17, 15) is 13.6 Å². The number of halogens is 2. The number of thioether (sulfide) groups is 1. The van der Waals surface area contributed by atoms with Gasteiger partial charge < -0.3 is 4.74 Å². The molecule has 0 bridgehead atoms. The number of hydrogen-bond acceptors (Lipinski definition) is 6. The van der Waals surface area contributed by atoms with Crippen LogP contribution in [0.5, 0.6) is 5.75 Å². The summed E-state index contributed by atoms with van der Waals surface area (Å²) in [6, 6.07) is 1.64. The summed E-state index contributed by atoms with van der Waals surface area (Å²) in [7, 11) is 0. The average molecular weight is 316 g/mol. The van der Waals surface area contributed by atoms with Crippen molar-refractivity contribution in [2.75, 3.05) is 6.26 Å². The second kappa shape index (κ2) is 6.27. The van der Waals surface area contributed by atoms with Crippen molar-refractivity contribution >= 4 is 28.9 Å². The van der Waals surface area contributed by atoms with Crippen molar-refractivity contribution in [3.05, 3.63) is 34.3 Å². The minimum absolute atomic E-state index is 0.00139. The molecule has 0 aliphatic heterocycles. The molecule has 0 aliphatic rings. The molecule has 0 saturated carbocycles. The van der Waals surface area contributed by atoms with Gasteiger partial charge in [-0.1, -0.05) is 23.1 Å². The van der Waals surface area contributed by atoms with Gasteiger partial charge in [-0.3, -0.25) is 4.79 Å². The standard InChI is InChI=1S/C12H10F2N2O2S2/c1-6(17)11-8(14)3-7(13)4-9(11)18-5-10-15-16-12(19-2)20-10/h3-4H,5H2,1-2H3. The van der Waals surface area contributed by atoms with Gasteiger partial charge in [-0.15, -0.1) is 10.2 Å². The minimum Gasteiger partial charge on any atom is -0.485 e. The number of rotatable bonds is 5. The lowest BCUT2D eigenvalue weighted by Crippen LogP contribution is -2.05. The molecule has 1 aromatic heterocycles. The number of Topliss-reactive ketones (excluding diaryl/α,β-unsaturated/α-hetero) is 1. The van der Waals surface area contributed by atoms with Crippen molar-refractivity contribution in [3.63, 3.8) is 0 Å². The van der Waals surface area contributed by atoms with Crippen LogP contribution in [0, 0.1) is 11.6 Å². The number of nitrogens with zero attached hydrogens (tertiary/aromatic N) is 2. The van der Waals surface area contributed by atoms with Gasteiger partial charge in [0.2, 0.25) is 0 Å². The van der Waals surface area contributed by atoms with Gasteiger partial charge in [0.15, 0.2) is 15.1 Å². The highest BCUT2D eigenvalue weighted by atomic mass is 32.2. The molecule has 0 saturated heterocycles. The highest BCUT2D eigenvalue weighted by molar-refractivity contribution is 8.00. The largest absolute Gasteiger partial charge is 0.485 e. The molecule has 0 radical (unpaired) electrons. The van der Waals surface area contributed by atoms with E-state index in [1.807, 2.05) is 6.26 Å². The fourth-order valence-corrected chi connectivity index (χ4v) is 2.75. The molecule has 0 fully saturated rings. The van der Waals surface area contributed by atoms with E-state index in [0.717, 1.165) is 10.4 Å². The highest BCUT2D eigenvalue weighted by Gasteiger charge is 2.17. The fourth-order valence-electron chi connectivity index (χ4n) is 1.52. The summed E-state index contributed by atoms with van der Waals surface area (Å²) < 4.78 is 32.8. The summed E-state index contributed by atoms with van der Waals surface area (Å²) in [6.07, 6.45) is 1.86. The first-order valence-corrected chi connectivity index (χ1v) is 7.54. The summed E-state index contributed by atoms with van der Waals surface area (Å²) >= 11 is 2.76. The summed E-state index contributed by atoms with van der Waals surface area (Å²) in [6.45, 7) is 1.20. The third-order valence-electron chi connectivity index (χ3n) is 2.34. The SMILES string of the molecule is CSc1nnc(COc2cc(F)cc(F)c2C(C)=O)s1. The highest BCUT2D eigenvalue weighted by Crippen LogP contribution is 2.26. The van der Waals surface area contributed by atoms with Gasteiger partial charge in [0.25, 0.3) is 0 Å². The monoisotopic (exact) mass is 316 g/mol. The van der Waals surface area contributed by atoms with E-state index in [-0.39, 0.29) is 17.9 Å². The van der Waals surface area contributed by atoms with Crippen LogP contribution in [0.1, 0.15) is 22.3 Å². The number of ether oxygens (including phenoxy) is 1. The van der Waals surface area contributed by atoms with Crippen LogP contribution in [-0.4, -0.2) is 22.2 Å². The Morgan fingerprint density at radius 1 is 1.40 bits per heavy atom. The van der Waals surface area contributed by atoms with Crippen molar-refractivity contribution in [1.82, 2.24) is 10.2 Å². The minimum atomic E-state index is -0.936. The van der Waals surface area contributed by atoms with Crippen LogP contribution in [0.4, 0.5) is 8.78 Å². The molecule has 4 nitrogen and oxygen atoms in total. The molecule has 0 atom stereocenters. The zero-order valence-electron chi connectivity index (χ0n) is 10.6. The maximum Gasteiger partial charge on any atom is 0.174 e. The van der Waals surface area contributed by atoms with Gasteiger partial charge in [-0.05, 0) is 13.2 Å². The molecule has 8 heteroatoms. The maximum absolute atomic E-state index is 13.6. The van der Waals surface area contributed by atoms with E-state index >= 15 is 0 Å². The van der Waals surface area contributed by atoms with Crippen LogP contribution in [0.2, 0.25) is 0 Å². The number of ketones is 1. The van der Waals surface area contributed by atoms with E-state index < -0.39 is 17.4 Å². The molecular formula is C12H10F2N2O2S2. The first-order chi connectivity index (χ1) is 9.51. The van der Waals surface area contributed by atoms with E-state index in [2.05, 4.69) is 10.2 Å². The molecule has 20 heavy (non-hydrogen) atoms. The third kappa shape index (κ3) is 3.31. The summed E-state index contributed by atoms with van der Waals surface area (Å²) in [4.78, 5) is 11.4. The van der Waals surface area contributed by atoms with Gasteiger partial charge in [0.05, 0.1) is 5.56 Å². The Morgan fingerprint density at radius 2 is 2.15 bits per heavy atom. The van der Waals surface area contributed by atoms with Crippen molar-refractivity contribution < 1.29 is 18.3 Å². The van der Waals surface area contributed by atoms with Gasteiger partial charge in [0.1, 0.15) is 24.0 Å². The van der Waals surface area contributed by atoms with E-state index in [0.29, 0.717) is 11.1 Å². The average Bonchev–Trinajstić information content (AvgIpc) is 2.82. The lowest BCUT2D eigenvalue weighted by atomic mass is 10.1. The number of carbonyl (C=O) groups excluding carboxylic acids is 1. The number of aromatic nitrogens is 2. The van der Waals surface area contributed by atoms with Crippen LogP contribution in [-0.2, 0) is 6.61 Å². The first-order valence-electron chi connectivity index (χ1n) is 5.50. The van der Waals surface area contributed by atoms with Crippen LogP contribution < -0.4 is 4.74 Å². The van der Waals surface area contributed by atoms with Crippen LogP contribution in [0.15, 0.2) is 16.5 Å². The van der Waals surface area contributed by atoms with Crippen molar-refractivity contribution in [2.45, 2.75) is 17.9 Å². The molecule has 106 valence electrons. The molecule has 0 N–H and O–H groups in total. The topological polar surface area (TPSA) is 52.1 Å². The van der Waals surface area contributed by atoms with E-state index in [1.54, 1.807) is 0 Å². The van der Waals surface area contributed by atoms with Gasteiger partial charge in [-0.2, -0.15) is 0 Å². The van der Waals surface area contributed by atoms with Gasteiger partial charge in [0, 0.05) is 12.1 Å². The van der Waals surface area contributed by atoms with Crippen LogP contribution in [0.3, 0.4) is 0 Å². The van der Waals surface area contributed by atoms with Crippen LogP contribution in [0.25, 0.3) is 0 Å². The molecule has 2 aromatic rings. The van der Waals surface area contributed by atoms with Crippen molar-refractivity contribution in [3.8, 4) is 5.75 Å². The Morgan fingerprint density at radius 3 is 2.75 bits per heavy atom. The molecular weight excluding hydrogens is 306 g/mol. The number of benzene rings is 1. The Hall–Kier alpha value is -1.54. The molecule has 1 aromatic carbocycles. The fraction of sp³-hybridized carbons (Fsp3) is 0.250. The lowest BCUT2D eigenvalue weighted by molar-refractivity contribution is 0.100. The van der Waals surface area contributed by atoms with Crippen molar-refractivity contribution in [1.29, 1.82) is 0 Å². The maximum atomic E-state index is 13.6. The molecule has 0 spiro atoms. The molecule has 1 heterocycles. The summed E-state index contributed by atoms with van der Waals surface area (Å²) in [5.41, 5.74) is -0.263. The van der Waals surface area contributed by atoms with Crippen molar-refractivity contribution in [2.24, 2.45) is 0 Å². The Labute approximate surface area is 122 Å². The Bertz CT molecular complexity index is 646. The zero-order valence-corrected chi connectivity index (χ0v) is 12.3. The molecule has 0 amide bonds. The predicted octanol–water partition coefficient (Wildman–Crippen LogP) is 3.32. The van der Waals surface area contributed by atoms with Gasteiger partial charge >= 0.3 is 0 Å². The van der Waals surface area contributed by atoms with E-state index in [4.69, 9.17) is 4.74 Å². The lowest BCUT2D eigenvalue weighted by Gasteiger charge is -2.09. The van der Waals surface area contributed by atoms with Crippen LogP contribution >= 0.6 is 23.1 Å². The smallest absolute Gasteiger partial charge is 0.174 e. The summed E-state index contributed by atoms with van der Waals surface area (Å²) in [5.74, 6) is -2.39. The molecule has 0 unspecified atom stereocenters. The quantitative estimate of drug-likeness (QED) is 0.625. The first kappa shape index (κ1) is 14.9. The zero-order chi connectivity index (χ0) is 14.7. The van der Waals surface area contributed by atoms with E-state index in [1.165, 1.54) is 30.0 Å². The summed E-state index contributed by atoms with van der Waals surface area (Å²) in [5, 5.41) is 8.31. The molecule has 2 rings (SSSR count). The Kier molecular flexibility index (Phi) is 4.66. The molecule has 0 aliphatic carbocycles. The second-order valence-corrected chi connectivity index (χ2v) is 5.89. The second-order valence-electron chi connectivity index (χ2n) is 3.77.